The maximum absolute atomic E-state index is 10.4. The van der Waals surface area contributed by atoms with Crippen LogP contribution in [0.5, 0.6) is 0 Å². The Labute approximate surface area is 232 Å². The maximum Gasteiger partial charge on any atom is 0.404 e. The minimum absolute atomic E-state index is 0.142. The number of nitrogens with one attached hydrogen (secondary N) is 2. The third-order valence-electron chi connectivity index (χ3n) is 6.16. The Hall–Kier alpha value is -2.95. The molecule has 2 aromatic carbocycles. The zero-order valence-electron chi connectivity index (χ0n) is 21.1. The van der Waals surface area contributed by atoms with E-state index in [0.29, 0.717) is 48.8 Å². The monoisotopic (exact) mass is 559 g/mol. The lowest BCUT2D eigenvalue weighted by Gasteiger charge is -2.33. The van der Waals surface area contributed by atoms with Crippen molar-refractivity contribution in [2.75, 3.05) is 58.4 Å². The Morgan fingerprint density at radius 3 is 2.68 bits per heavy atom. The van der Waals surface area contributed by atoms with Crippen LogP contribution in [0.15, 0.2) is 48.8 Å². The van der Waals surface area contributed by atoms with E-state index in [1.807, 2.05) is 24.3 Å². The fraction of sp³-hybridized carbons (Fsp3) is 0.370. The lowest BCUT2D eigenvalue weighted by Crippen LogP contribution is -2.31. The molecule has 38 heavy (non-hydrogen) atoms. The van der Waals surface area contributed by atoms with Gasteiger partial charge in [-0.3, -0.25) is 4.98 Å². The van der Waals surface area contributed by atoms with E-state index in [1.54, 1.807) is 12.4 Å². The maximum atomic E-state index is 10.4. The first-order chi connectivity index (χ1) is 18.4. The predicted molar refractivity (Wildman–Crippen MR) is 148 cm³/mol. The number of likely N-dealkylation sites (N-methyl/N-ethyl adjacent to an activating group) is 1. The fourth-order valence-electron chi connectivity index (χ4n) is 4.44. The number of aromatic nitrogens is 2. The van der Waals surface area contributed by atoms with Crippen LogP contribution in [0.1, 0.15) is 22.6 Å². The zero-order valence-corrected chi connectivity index (χ0v) is 22.6. The van der Waals surface area contributed by atoms with E-state index >= 15 is 0 Å². The molecule has 0 saturated carbocycles. The number of rotatable bonds is 12. The molecule has 0 unspecified atom stereocenters. The molecule has 9 nitrogen and oxygen atoms in total. The van der Waals surface area contributed by atoms with E-state index in [0.717, 1.165) is 29.9 Å². The van der Waals surface area contributed by atoms with Crippen LogP contribution in [-0.2, 0) is 16.0 Å². The molecule has 1 amide bonds. The van der Waals surface area contributed by atoms with Crippen molar-refractivity contribution < 1.29 is 19.4 Å². The third kappa shape index (κ3) is 7.78. The van der Waals surface area contributed by atoms with Crippen LogP contribution in [0.3, 0.4) is 0 Å². The summed E-state index contributed by atoms with van der Waals surface area (Å²) in [6.45, 7) is 4.07. The van der Waals surface area contributed by atoms with Gasteiger partial charge in [-0.25, -0.2) is 9.78 Å². The van der Waals surface area contributed by atoms with Gasteiger partial charge in [-0.15, -0.1) is 0 Å². The summed E-state index contributed by atoms with van der Waals surface area (Å²) < 4.78 is 10.8. The van der Waals surface area contributed by atoms with Crippen LogP contribution < -0.4 is 10.6 Å². The standard InChI is InChI=1S/C27H31Cl2N5O4/c1-34-16-22(21-12-20(28)13-24(29)23(21)17-34)18-3-2-4-19(11-18)25-14-30-15-26(33-25)31-5-7-37-9-10-38-8-6-32-27(35)36/h2-4,11-15,22,32H,5-10,16-17H2,1H3,(H,31,33)(H,35,36)/t22-/m0/s1. The summed E-state index contributed by atoms with van der Waals surface area (Å²) >= 11 is 12.9. The van der Waals surface area contributed by atoms with Gasteiger partial charge in [0.2, 0.25) is 0 Å². The van der Waals surface area contributed by atoms with Crippen LogP contribution >= 0.6 is 23.2 Å². The lowest BCUT2D eigenvalue weighted by atomic mass is 9.84. The zero-order chi connectivity index (χ0) is 26.9. The average molecular weight is 560 g/mol. The quantitative estimate of drug-likeness (QED) is 0.273. The van der Waals surface area contributed by atoms with E-state index in [-0.39, 0.29) is 12.5 Å². The van der Waals surface area contributed by atoms with Crippen molar-refractivity contribution in [3.63, 3.8) is 0 Å². The third-order valence-corrected chi connectivity index (χ3v) is 6.71. The van der Waals surface area contributed by atoms with Crippen molar-refractivity contribution >= 4 is 35.1 Å². The molecule has 0 aliphatic carbocycles. The molecule has 1 atom stereocenters. The van der Waals surface area contributed by atoms with Gasteiger partial charge in [-0.1, -0.05) is 41.4 Å². The highest BCUT2D eigenvalue weighted by Crippen LogP contribution is 2.39. The number of ether oxygens (including phenoxy) is 2. The summed E-state index contributed by atoms with van der Waals surface area (Å²) in [6.07, 6.45) is 2.38. The average Bonchev–Trinajstić information content (AvgIpc) is 2.90. The molecule has 2 heterocycles. The van der Waals surface area contributed by atoms with Gasteiger partial charge >= 0.3 is 6.09 Å². The topological polar surface area (TPSA) is 109 Å². The molecule has 1 aliphatic rings. The fourth-order valence-corrected chi connectivity index (χ4v) is 5.01. The van der Waals surface area contributed by atoms with Gasteiger partial charge in [-0.2, -0.15) is 0 Å². The molecule has 202 valence electrons. The first-order valence-electron chi connectivity index (χ1n) is 12.4. The van der Waals surface area contributed by atoms with Gasteiger partial charge in [0, 0.05) is 47.7 Å². The Bertz CT molecular complexity index is 1250. The molecule has 11 heteroatoms. The van der Waals surface area contributed by atoms with Crippen LogP contribution in [0, 0.1) is 0 Å². The predicted octanol–water partition coefficient (Wildman–Crippen LogP) is 4.74. The molecule has 4 rings (SSSR count). The molecule has 3 aromatic rings. The Morgan fingerprint density at radius 2 is 1.89 bits per heavy atom. The number of hydrogen-bond acceptors (Lipinski definition) is 7. The Morgan fingerprint density at radius 1 is 1.11 bits per heavy atom. The number of carbonyl (C=O) groups is 1. The number of halogens is 2. The van der Waals surface area contributed by atoms with Crippen LogP contribution in [0.4, 0.5) is 10.6 Å². The highest BCUT2D eigenvalue weighted by Gasteiger charge is 2.27. The van der Waals surface area contributed by atoms with Gasteiger partial charge in [0.1, 0.15) is 5.82 Å². The number of anilines is 1. The van der Waals surface area contributed by atoms with Crippen molar-refractivity contribution in [3.8, 4) is 11.3 Å². The smallest absolute Gasteiger partial charge is 0.404 e. The highest BCUT2D eigenvalue weighted by molar-refractivity contribution is 6.35. The molecular weight excluding hydrogens is 529 g/mol. The first kappa shape index (κ1) is 28.1. The molecule has 3 N–H and O–H groups in total. The molecule has 1 aromatic heterocycles. The SMILES string of the molecule is CN1Cc2c(Cl)cc(Cl)cc2[C@H](c2cccc(-c3cncc(NCCOCCOCCNC(=O)O)n3)c2)C1. The number of amides is 1. The molecule has 1 aliphatic heterocycles. The van der Waals surface area contributed by atoms with E-state index in [1.165, 1.54) is 11.1 Å². The molecule has 0 fully saturated rings. The van der Waals surface area contributed by atoms with E-state index in [9.17, 15) is 4.79 Å². The summed E-state index contributed by atoms with van der Waals surface area (Å²) in [5.41, 5.74) is 5.21. The summed E-state index contributed by atoms with van der Waals surface area (Å²) in [5, 5.41) is 15.3. The summed E-state index contributed by atoms with van der Waals surface area (Å²) in [6, 6.07) is 12.2. The minimum atomic E-state index is -1.06. The Kier molecular flexibility index (Phi) is 10.1. The van der Waals surface area contributed by atoms with Gasteiger partial charge in [0.15, 0.2) is 0 Å². The van der Waals surface area contributed by atoms with Crippen molar-refractivity contribution in [1.82, 2.24) is 20.2 Å². The molecular formula is C27H31Cl2N5O4. The van der Waals surface area contributed by atoms with Crippen molar-refractivity contribution in [3.05, 3.63) is 75.5 Å². The van der Waals surface area contributed by atoms with E-state index in [4.69, 9.17) is 42.8 Å². The van der Waals surface area contributed by atoms with Crippen LogP contribution in [0.2, 0.25) is 10.0 Å². The van der Waals surface area contributed by atoms with E-state index < -0.39 is 6.09 Å². The highest BCUT2D eigenvalue weighted by atomic mass is 35.5. The van der Waals surface area contributed by atoms with Crippen LogP contribution in [0.25, 0.3) is 11.3 Å². The minimum Gasteiger partial charge on any atom is -0.465 e. The summed E-state index contributed by atoms with van der Waals surface area (Å²) in [5.74, 6) is 0.803. The van der Waals surface area contributed by atoms with Crippen LogP contribution in [-0.4, -0.2) is 79.2 Å². The largest absolute Gasteiger partial charge is 0.465 e. The first-order valence-corrected chi connectivity index (χ1v) is 13.1. The van der Waals surface area contributed by atoms with E-state index in [2.05, 4.69) is 39.7 Å². The molecule has 0 radical (unpaired) electrons. The summed E-state index contributed by atoms with van der Waals surface area (Å²) in [4.78, 5) is 21.7. The second kappa shape index (κ2) is 13.7. The van der Waals surface area contributed by atoms with Crippen molar-refractivity contribution in [2.24, 2.45) is 0 Å². The number of hydrogen-bond donors (Lipinski definition) is 3. The number of fused-ring (bicyclic) bond motifs is 1. The van der Waals surface area contributed by atoms with Gasteiger partial charge in [0.05, 0.1) is 44.5 Å². The van der Waals surface area contributed by atoms with Gasteiger partial charge in [-0.05, 0) is 41.9 Å². The van der Waals surface area contributed by atoms with Crippen molar-refractivity contribution in [1.29, 1.82) is 0 Å². The van der Waals surface area contributed by atoms with Crippen molar-refractivity contribution in [2.45, 2.75) is 12.5 Å². The summed E-state index contributed by atoms with van der Waals surface area (Å²) in [7, 11) is 2.10. The number of nitrogens with zero attached hydrogens (tertiary/aromatic N) is 3. The molecule has 0 spiro atoms. The normalized spacial score (nSPS) is 15.2. The lowest BCUT2D eigenvalue weighted by molar-refractivity contribution is 0.0527. The Balaban J connectivity index is 1.34. The van der Waals surface area contributed by atoms with Gasteiger partial charge < -0.3 is 30.1 Å². The molecule has 0 bridgehead atoms. The van der Waals surface area contributed by atoms with Gasteiger partial charge in [0.25, 0.3) is 0 Å². The second-order valence-corrected chi connectivity index (χ2v) is 9.85. The second-order valence-electron chi connectivity index (χ2n) is 9.00. The number of carboxylic acid groups (broad SMARTS) is 1. The molecule has 0 saturated heterocycles. The number of benzene rings is 2.